The Labute approximate surface area is 67.9 Å². The Bertz CT molecular complexity index is 140. The smallest absolute Gasteiger partial charge is 0.306 e. The molecule has 0 amide bonds. The highest BCUT2D eigenvalue weighted by molar-refractivity contribution is 5.69. The summed E-state index contributed by atoms with van der Waals surface area (Å²) < 4.78 is 4.94. The van der Waals surface area contributed by atoms with E-state index in [1.165, 1.54) is 0 Å². The molecule has 1 saturated heterocycles. The number of hydrogen-bond donors (Lipinski definition) is 0. The van der Waals surface area contributed by atoms with Crippen LogP contribution < -0.4 is 0 Å². The van der Waals surface area contributed by atoms with E-state index in [1.807, 2.05) is 0 Å². The fourth-order valence-corrected chi connectivity index (χ4v) is 1.48. The van der Waals surface area contributed by atoms with E-state index >= 15 is 0 Å². The van der Waals surface area contributed by atoms with E-state index in [9.17, 15) is 4.79 Å². The number of rotatable bonds is 1. The number of ether oxygens (including phenoxy) is 1. The first-order chi connectivity index (χ1) is 5.20. The zero-order valence-electron chi connectivity index (χ0n) is 7.30. The first-order valence-corrected chi connectivity index (χ1v) is 4.36. The van der Waals surface area contributed by atoms with Crippen LogP contribution in [0.15, 0.2) is 0 Å². The van der Waals surface area contributed by atoms with Gasteiger partial charge in [-0.05, 0) is 24.7 Å². The lowest BCUT2D eigenvalue weighted by Gasteiger charge is -2.15. The van der Waals surface area contributed by atoms with Gasteiger partial charge in [-0.3, -0.25) is 4.79 Å². The molecule has 0 aromatic carbocycles. The lowest BCUT2D eigenvalue weighted by Crippen LogP contribution is -2.12. The molecule has 0 spiro atoms. The third-order valence-electron chi connectivity index (χ3n) is 2.35. The first kappa shape index (κ1) is 8.57. The standard InChI is InChI=1S/C9H16O2/c1-7(2)8-4-3-5-11-9(10)6-8/h7-8H,3-6H2,1-2H3/t8-/m0/s1. The average Bonchev–Trinajstić information content (AvgIpc) is 2.13. The third kappa shape index (κ3) is 2.52. The summed E-state index contributed by atoms with van der Waals surface area (Å²) >= 11 is 0. The molecule has 0 saturated carbocycles. The van der Waals surface area contributed by atoms with Crippen molar-refractivity contribution >= 4 is 5.97 Å². The highest BCUT2D eigenvalue weighted by Gasteiger charge is 2.20. The van der Waals surface area contributed by atoms with Crippen LogP contribution in [-0.4, -0.2) is 12.6 Å². The van der Waals surface area contributed by atoms with Crippen LogP contribution in [-0.2, 0) is 9.53 Å². The highest BCUT2D eigenvalue weighted by Crippen LogP contribution is 2.23. The summed E-state index contributed by atoms with van der Waals surface area (Å²) in [7, 11) is 0. The Balaban J connectivity index is 2.45. The van der Waals surface area contributed by atoms with Crippen LogP contribution in [0.5, 0.6) is 0 Å². The van der Waals surface area contributed by atoms with Crippen molar-refractivity contribution < 1.29 is 9.53 Å². The molecule has 1 aliphatic rings. The van der Waals surface area contributed by atoms with Gasteiger partial charge in [0.15, 0.2) is 0 Å². The minimum absolute atomic E-state index is 0.0128. The molecule has 11 heavy (non-hydrogen) atoms. The van der Waals surface area contributed by atoms with Crippen LogP contribution in [0.2, 0.25) is 0 Å². The Morgan fingerprint density at radius 1 is 1.55 bits per heavy atom. The number of cyclic esters (lactones) is 1. The topological polar surface area (TPSA) is 26.3 Å². The predicted octanol–water partition coefficient (Wildman–Crippen LogP) is 1.99. The van der Waals surface area contributed by atoms with Crippen LogP contribution >= 0.6 is 0 Å². The summed E-state index contributed by atoms with van der Waals surface area (Å²) in [6.07, 6.45) is 2.80. The molecule has 0 radical (unpaired) electrons. The second-order valence-electron chi connectivity index (χ2n) is 3.57. The van der Waals surface area contributed by atoms with Crippen molar-refractivity contribution in [1.29, 1.82) is 0 Å². The van der Waals surface area contributed by atoms with Gasteiger partial charge in [-0.25, -0.2) is 0 Å². The van der Waals surface area contributed by atoms with Crippen molar-refractivity contribution in [1.82, 2.24) is 0 Å². The van der Waals surface area contributed by atoms with Crippen LogP contribution in [0, 0.1) is 11.8 Å². The highest BCUT2D eigenvalue weighted by atomic mass is 16.5. The van der Waals surface area contributed by atoms with Gasteiger partial charge in [-0.2, -0.15) is 0 Å². The summed E-state index contributed by atoms with van der Waals surface area (Å²) in [5.41, 5.74) is 0. The largest absolute Gasteiger partial charge is 0.466 e. The Morgan fingerprint density at radius 2 is 2.27 bits per heavy atom. The molecule has 0 unspecified atom stereocenters. The zero-order valence-corrected chi connectivity index (χ0v) is 7.30. The van der Waals surface area contributed by atoms with E-state index in [2.05, 4.69) is 13.8 Å². The van der Waals surface area contributed by atoms with Gasteiger partial charge in [-0.1, -0.05) is 13.8 Å². The normalized spacial score (nSPS) is 26.5. The van der Waals surface area contributed by atoms with E-state index in [1.54, 1.807) is 0 Å². The maximum atomic E-state index is 11.0. The summed E-state index contributed by atoms with van der Waals surface area (Å²) in [4.78, 5) is 11.0. The molecule has 1 fully saturated rings. The molecule has 64 valence electrons. The van der Waals surface area contributed by atoms with E-state index in [0.29, 0.717) is 24.9 Å². The number of carbonyl (C=O) groups excluding carboxylic acids is 1. The van der Waals surface area contributed by atoms with Gasteiger partial charge >= 0.3 is 5.97 Å². The number of esters is 1. The predicted molar refractivity (Wildman–Crippen MR) is 43.1 cm³/mol. The van der Waals surface area contributed by atoms with Gasteiger partial charge < -0.3 is 4.74 Å². The summed E-state index contributed by atoms with van der Waals surface area (Å²) in [5, 5.41) is 0. The maximum absolute atomic E-state index is 11.0. The Hall–Kier alpha value is -0.530. The molecular formula is C9H16O2. The van der Waals surface area contributed by atoms with Crippen molar-refractivity contribution in [2.24, 2.45) is 11.8 Å². The van der Waals surface area contributed by atoms with Crippen LogP contribution in [0.4, 0.5) is 0 Å². The molecule has 0 aromatic heterocycles. The van der Waals surface area contributed by atoms with Crippen molar-refractivity contribution in [2.45, 2.75) is 33.1 Å². The maximum Gasteiger partial charge on any atom is 0.306 e. The summed E-state index contributed by atoms with van der Waals surface area (Å²) in [6, 6.07) is 0. The summed E-state index contributed by atoms with van der Waals surface area (Å²) in [6.45, 7) is 4.97. The Morgan fingerprint density at radius 3 is 2.91 bits per heavy atom. The number of carbonyl (C=O) groups is 1. The second-order valence-corrected chi connectivity index (χ2v) is 3.57. The minimum Gasteiger partial charge on any atom is -0.466 e. The first-order valence-electron chi connectivity index (χ1n) is 4.36. The third-order valence-corrected chi connectivity index (χ3v) is 2.35. The average molecular weight is 156 g/mol. The molecule has 1 aliphatic heterocycles. The number of hydrogen-bond acceptors (Lipinski definition) is 2. The van der Waals surface area contributed by atoms with Gasteiger partial charge in [0.1, 0.15) is 0 Å². The molecule has 0 aliphatic carbocycles. The van der Waals surface area contributed by atoms with Gasteiger partial charge in [-0.15, -0.1) is 0 Å². The zero-order chi connectivity index (χ0) is 8.27. The molecule has 0 bridgehead atoms. The molecular weight excluding hydrogens is 140 g/mol. The van der Waals surface area contributed by atoms with E-state index in [0.717, 1.165) is 12.8 Å². The van der Waals surface area contributed by atoms with E-state index < -0.39 is 0 Å². The molecule has 2 heteroatoms. The second kappa shape index (κ2) is 3.74. The monoisotopic (exact) mass is 156 g/mol. The van der Waals surface area contributed by atoms with Crippen LogP contribution in [0.1, 0.15) is 33.1 Å². The lowest BCUT2D eigenvalue weighted by molar-refractivity contribution is -0.143. The van der Waals surface area contributed by atoms with Gasteiger partial charge in [0, 0.05) is 6.42 Å². The van der Waals surface area contributed by atoms with E-state index in [-0.39, 0.29) is 5.97 Å². The van der Waals surface area contributed by atoms with Gasteiger partial charge in [0.2, 0.25) is 0 Å². The molecule has 1 heterocycles. The van der Waals surface area contributed by atoms with Crippen LogP contribution in [0.3, 0.4) is 0 Å². The lowest BCUT2D eigenvalue weighted by atomic mass is 9.89. The van der Waals surface area contributed by atoms with Crippen molar-refractivity contribution in [3.8, 4) is 0 Å². The minimum atomic E-state index is -0.0128. The molecule has 0 aromatic rings. The van der Waals surface area contributed by atoms with Crippen molar-refractivity contribution in [3.05, 3.63) is 0 Å². The van der Waals surface area contributed by atoms with Gasteiger partial charge in [0.05, 0.1) is 6.61 Å². The van der Waals surface area contributed by atoms with E-state index in [4.69, 9.17) is 4.74 Å². The SMILES string of the molecule is CC(C)[C@H]1CCCOC(=O)C1. The molecule has 1 rings (SSSR count). The molecule has 1 atom stereocenters. The quantitative estimate of drug-likeness (QED) is 0.543. The van der Waals surface area contributed by atoms with Crippen molar-refractivity contribution in [3.63, 3.8) is 0 Å². The fourth-order valence-electron chi connectivity index (χ4n) is 1.48. The summed E-state index contributed by atoms with van der Waals surface area (Å²) in [5.74, 6) is 1.15. The van der Waals surface area contributed by atoms with Crippen LogP contribution in [0.25, 0.3) is 0 Å². The Kier molecular flexibility index (Phi) is 2.92. The van der Waals surface area contributed by atoms with Crippen molar-refractivity contribution in [2.75, 3.05) is 6.61 Å². The molecule has 0 N–H and O–H groups in total. The fraction of sp³-hybridized carbons (Fsp3) is 0.889. The van der Waals surface area contributed by atoms with Gasteiger partial charge in [0.25, 0.3) is 0 Å². The molecule has 2 nitrogen and oxygen atoms in total.